The highest BCUT2D eigenvalue weighted by Crippen LogP contribution is 2.43. The van der Waals surface area contributed by atoms with Crippen LogP contribution in [0.3, 0.4) is 0 Å². The molecule has 1 aliphatic heterocycles. The van der Waals surface area contributed by atoms with Gasteiger partial charge in [-0.2, -0.15) is 0 Å². The first kappa shape index (κ1) is 12.0. The lowest BCUT2D eigenvalue weighted by Crippen LogP contribution is -2.26. The van der Waals surface area contributed by atoms with E-state index in [-0.39, 0.29) is 6.10 Å². The van der Waals surface area contributed by atoms with Gasteiger partial charge in [0.2, 0.25) is 0 Å². The summed E-state index contributed by atoms with van der Waals surface area (Å²) >= 11 is 0. The summed E-state index contributed by atoms with van der Waals surface area (Å²) in [6, 6.07) is 4.26. The van der Waals surface area contributed by atoms with Gasteiger partial charge in [-0.25, -0.2) is 0 Å². The third-order valence-corrected chi connectivity index (χ3v) is 3.15. The molecular formula is C13H19NO3. The van der Waals surface area contributed by atoms with Crippen LogP contribution in [0, 0.1) is 0 Å². The Labute approximate surface area is 102 Å². The van der Waals surface area contributed by atoms with Crippen molar-refractivity contribution in [2.24, 2.45) is 0 Å². The van der Waals surface area contributed by atoms with Gasteiger partial charge < -0.3 is 19.5 Å². The molecule has 1 heterocycles. The number of methoxy groups -OCH3 is 3. The van der Waals surface area contributed by atoms with Crippen molar-refractivity contribution in [3.05, 3.63) is 17.7 Å². The van der Waals surface area contributed by atoms with Crippen LogP contribution in [0.25, 0.3) is 0 Å². The predicted octanol–water partition coefficient (Wildman–Crippen LogP) is 2.60. The number of rotatable bonds is 3. The van der Waals surface area contributed by atoms with Crippen LogP contribution in [0.5, 0.6) is 11.5 Å². The Kier molecular flexibility index (Phi) is 3.43. The number of hydrogen-bond acceptors (Lipinski definition) is 4. The van der Waals surface area contributed by atoms with Crippen LogP contribution < -0.4 is 14.8 Å². The monoisotopic (exact) mass is 237 g/mol. The Bertz CT molecular complexity index is 406. The lowest BCUT2D eigenvalue weighted by Gasteiger charge is -2.31. The van der Waals surface area contributed by atoms with E-state index in [2.05, 4.69) is 12.2 Å². The van der Waals surface area contributed by atoms with Crippen molar-refractivity contribution in [3.8, 4) is 11.5 Å². The second kappa shape index (κ2) is 4.84. The van der Waals surface area contributed by atoms with Crippen LogP contribution in [0.4, 0.5) is 5.69 Å². The molecule has 0 aromatic heterocycles. The third-order valence-electron chi connectivity index (χ3n) is 3.15. The summed E-state index contributed by atoms with van der Waals surface area (Å²) < 4.78 is 16.2. The van der Waals surface area contributed by atoms with E-state index in [1.807, 2.05) is 12.1 Å². The van der Waals surface area contributed by atoms with Gasteiger partial charge in [0.25, 0.3) is 0 Å². The summed E-state index contributed by atoms with van der Waals surface area (Å²) in [5.74, 6) is 1.59. The fourth-order valence-electron chi connectivity index (χ4n) is 2.27. The van der Waals surface area contributed by atoms with E-state index < -0.39 is 0 Å². The SMILES string of the molecule is COc1cc(OC)c2c(c1)C(OC)CC(C)N2. The Balaban J connectivity index is 2.51. The summed E-state index contributed by atoms with van der Waals surface area (Å²) in [7, 11) is 5.05. The molecule has 17 heavy (non-hydrogen) atoms. The molecule has 0 spiro atoms. The molecule has 0 radical (unpaired) electrons. The van der Waals surface area contributed by atoms with Crippen molar-refractivity contribution in [1.29, 1.82) is 0 Å². The van der Waals surface area contributed by atoms with Gasteiger partial charge in [-0.05, 0) is 19.4 Å². The number of anilines is 1. The molecule has 4 heteroatoms. The van der Waals surface area contributed by atoms with Crippen LogP contribution in [0.2, 0.25) is 0 Å². The summed E-state index contributed by atoms with van der Waals surface area (Å²) in [6.07, 6.45) is 1.03. The molecule has 0 fully saturated rings. The molecule has 2 atom stereocenters. The van der Waals surface area contributed by atoms with E-state index >= 15 is 0 Å². The standard InChI is InChI=1S/C13H19NO3/c1-8-5-11(16-3)10-6-9(15-2)7-12(17-4)13(10)14-8/h6-8,11,14H,5H2,1-4H3. The van der Waals surface area contributed by atoms with Crippen LogP contribution in [-0.2, 0) is 4.74 Å². The molecular weight excluding hydrogens is 218 g/mol. The highest BCUT2D eigenvalue weighted by Gasteiger charge is 2.27. The van der Waals surface area contributed by atoms with Crippen LogP contribution in [-0.4, -0.2) is 27.4 Å². The van der Waals surface area contributed by atoms with E-state index in [1.165, 1.54) is 0 Å². The van der Waals surface area contributed by atoms with Gasteiger partial charge in [-0.15, -0.1) is 0 Å². The molecule has 2 rings (SSSR count). The zero-order valence-electron chi connectivity index (χ0n) is 10.7. The van der Waals surface area contributed by atoms with Gasteiger partial charge in [-0.1, -0.05) is 0 Å². The zero-order chi connectivity index (χ0) is 12.4. The fraction of sp³-hybridized carbons (Fsp3) is 0.538. The van der Waals surface area contributed by atoms with E-state index in [4.69, 9.17) is 14.2 Å². The Morgan fingerprint density at radius 1 is 1.18 bits per heavy atom. The lowest BCUT2D eigenvalue weighted by molar-refractivity contribution is 0.0889. The van der Waals surface area contributed by atoms with Crippen molar-refractivity contribution in [3.63, 3.8) is 0 Å². The van der Waals surface area contributed by atoms with Crippen molar-refractivity contribution < 1.29 is 14.2 Å². The fourth-order valence-corrected chi connectivity index (χ4v) is 2.27. The van der Waals surface area contributed by atoms with Gasteiger partial charge in [0.15, 0.2) is 0 Å². The number of benzene rings is 1. The highest BCUT2D eigenvalue weighted by molar-refractivity contribution is 5.67. The topological polar surface area (TPSA) is 39.7 Å². The molecule has 0 amide bonds. The van der Waals surface area contributed by atoms with Gasteiger partial charge in [-0.3, -0.25) is 0 Å². The quantitative estimate of drug-likeness (QED) is 0.877. The summed E-state index contributed by atoms with van der Waals surface area (Å²) in [5, 5.41) is 3.43. The maximum atomic E-state index is 5.54. The maximum absolute atomic E-state index is 5.54. The largest absolute Gasteiger partial charge is 0.497 e. The second-order valence-electron chi connectivity index (χ2n) is 4.30. The minimum atomic E-state index is 0.0882. The smallest absolute Gasteiger partial charge is 0.146 e. The molecule has 1 aromatic carbocycles. The van der Waals surface area contributed by atoms with Gasteiger partial charge >= 0.3 is 0 Å². The molecule has 2 unspecified atom stereocenters. The molecule has 94 valence electrons. The summed E-state index contributed by atoms with van der Waals surface area (Å²) in [5.41, 5.74) is 2.11. The Hall–Kier alpha value is -1.42. The Morgan fingerprint density at radius 2 is 1.94 bits per heavy atom. The first-order valence-electron chi connectivity index (χ1n) is 5.74. The molecule has 1 aromatic rings. The first-order chi connectivity index (χ1) is 8.19. The number of nitrogens with one attached hydrogen (secondary N) is 1. The second-order valence-corrected chi connectivity index (χ2v) is 4.30. The molecule has 1 aliphatic rings. The first-order valence-corrected chi connectivity index (χ1v) is 5.74. The van der Waals surface area contributed by atoms with Crippen LogP contribution in [0.1, 0.15) is 25.0 Å². The van der Waals surface area contributed by atoms with E-state index in [0.29, 0.717) is 6.04 Å². The van der Waals surface area contributed by atoms with Gasteiger partial charge in [0.1, 0.15) is 11.5 Å². The van der Waals surface area contributed by atoms with E-state index in [9.17, 15) is 0 Å². The molecule has 0 aliphatic carbocycles. The zero-order valence-corrected chi connectivity index (χ0v) is 10.7. The average Bonchev–Trinajstić information content (AvgIpc) is 2.36. The van der Waals surface area contributed by atoms with Crippen molar-refractivity contribution in [1.82, 2.24) is 0 Å². The minimum absolute atomic E-state index is 0.0882. The molecule has 0 saturated heterocycles. The number of ether oxygens (including phenoxy) is 3. The van der Waals surface area contributed by atoms with Crippen molar-refractivity contribution >= 4 is 5.69 Å². The molecule has 4 nitrogen and oxygen atoms in total. The van der Waals surface area contributed by atoms with Crippen molar-refractivity contribution in [2.45, 2.75) is 25.5 Å². The van der Waals surface area contributed by atoms with Gasteiger partial charge in [0, 0.05) is 24.8 Å². The van der Waals surface area contributed by atoms with Gasteiger partial charge in [0.05, 0.1) is 26.0 Å². The molecule has 0 saturated carbocycles. The maximum Gasteiger partial charge on any atom is 0.146 e. The highest BCUT2D eigenvalue weighted by atomic mass is 16.5. The Morgan fingerprint density at radius 3 is 2.53 bits per heavy atom. The van der Waals surface area contributed by atoms with E-state index in [0.717, 1.165) is 29.2 Å². The predicted molar refractivity (Wildman–Crippen MR) is 67.0 cm³/mol. The average molecular weight is 237 g/mol. The van der Waals surface area contributed by atoms with Crippen molar-refractivity contribution in [2.75, 3.05) is 26.6 Å². The molecule has 1 N–H and O–H groups in total. The van der Waals surface area contributed by atoms with Crippen LogP contribution in [0.15, 0.2) is 12.1 Å². The van der Waals surface area contributed by atoms with E-state index in [1.54, 1.807) is 21.3 Å². The lowest BCUT2D eigenvalue weighted by atomic mass is 9.95. The van der Waals surface area contributed by atoms with Crippen LogP contribution >= 0.6 is 0 Å². The summed E-state index contributed by atoms with van der Waals surface area (Å²) in [6.45, 7) is 2.14. The third kappa shape index (κ3) is 2.17. The number of fused-ring (bicyclic) bond motifs is 1. The summed E-state index contributed by atoms with van der Waals surface area (Å²) in [4.78, 5) is 0. The normalized spacial score (nSPS) is 22.6. The minimum Gasteiger partial charge on any atom is -0.497 e. The number of hydrogen-bond donors (Lipinski definition) is 1. The molecule has 0 bridgehead atoms.